The van der Waals surface area contributed by atoms with Gasteiger partial charge in [-0.15, -0.1) is 0 Å². The Morgan fingerprint density at radius 1 is 1.28 bits per heavy atom. The van der Waals surface area contributed by atoms with Crippen LogP contribution in [0, 0.1) is 0 Å². The van der Waals surface area contributed by atoms with E-state index < -0.39 is 0 Å². The van der Waals surface area contributed by atoms with E-state index in [1.165, 1.54) is 11.1 Å². The third-order valence-electron chi connectivity index (χ3n) is 2.77. The molecule has 0 heterocycles. The molecular formula is C16H25NO. The average Bonchev–Trinajstić information content (AvgIpc) is 2.36. The van der Waals surface area contributed by atoms with Crippen LogP contribution >= 0.6 is 0 Å². The molecule has 0 saturated heterocycles. The van der Waals surface area contributed by atoms with E-state index in [9.17, 15) is 0 Å². The maximum atomic E-state index is 5.64. The highest BCUT2D eigenvalue weighted by Gasteiger charge is 2.02. The highest BCUT2D eigenvalue weighted by molar-refractivity contribution is 5.60. The number of nitrogens with one attached hydrogen (secondary N) is 1. The minimum atomic E-state index is 0.516. The predicted octanol–water partition coefficient (Wildman–Crippen LogP) is 3.88. The van der Waals surface area contributed by atoms with E-state index in [0.29, 0.717) is 12.6 Å². The van der Waals surface area contributed by atoms with Gasteiger partial charge in [-0.2, -0.15) is 0 Å². The van der Waals surface area contributed by atoms with Gasteiger partial charge in [0.2, 0.25) is 0 Å². The zero-order valence-corrected chi connectivity index (χ0v) is 12.0. The largest absolute Gasteiger partial charge is 0.493 e. The Bertz CT molecular complexity index is 382. The molecule has 100 valence electrons. The summed E-state index contributed by atoms with van der Waals surface area (Å²) in [4.78, 5) is 0. The van der Waals surface area contributed by atoms with Crippen molar-refractivity contribution >= 4 is 6.08 Å². The van der Waals surface area contributed by atoms with Crippen molar-refractivity contribution in [2.45, 2.75) is 40.2 Å². The van der Waals surface area contributed by atoms with Gasteiger partial charge in [-0.3, -0.25) is 0 Å². The van der Waals surface area contributed by atoms with Gasteiger partial charge in [-0.1, -0.05) is 50.6 Å². The lowest BCUT2D eigenvalue weighted by Gasteiger charge is -2.12. The fraction of sp³-hybridized carbons (Fsp3) is 0.500. The molecule has 1 aromatic carbocycles. The van der Waals surface area contributed by atoms with Crippen LogP contribution in [0.2, 0.25) is 0 Å². The lowest BCUT2D eigenvalue weighted by atomic mass is 10.1. The zero-order valence-electron chi connectivity index (χ0n) is 12.0. The minimum Gasteiger partial charge on any atom is -0.493 e. The molecule has 0 aliphatic carbocycles. The third kappa shape index (κ3) is 4.92. The topological polar surface area (TPSA) is 21.3 Å². The normalized spacial score (nSPS) is 11.9. The molecule has 18 heavy (non-hydrogen) atoms. The van der Waals surface area contributed by atoms with Gasteiger partial charge in [0.15, 0.2) is 0 Å². The van der Waals surface area contributed by atoms with Crippen LogP contribution < -0.4 is 10.1 Å². The summed E-state index contributed by atoms with van der Waals surface area (Å²) in [5.41, 5.74) is 2.57. The van der Waals surface area contributed by atoms with Crippen LogP contribution in [-0.4, -0.2) is 19.2 Å². The third-order valence-corrected chi connectivity index (χ3v) is 2.77. The SMILES string of the molecule is CCOc1ccccc1C=C(CC)CNC(C)C. The molecule has 0 saturated carbocycles. The summed E-state index contributed by atoms with van der Waals surface area (Å²) in [5, 5.41) is 3.46. The summed E-state index contributed by atoms with van der Waals surface area (Å²) in [7, 11) is 0. The quantitative estimate of drug-likeness (QED) is 0.789. The lowest BCUT2D eigenvalue weighted by Crippen LogP contribution is -2.24. The maximum Gasteiger partial charge on any atom is 0.126 e. The van der Waals surface area contributed by atoms with Crippen LogP contribution in [-0.2, 0) is 0 Å². The molecule has 0 aromatic heterocycles. The molecule has 1 N–H and O–H groups in total. The number of hydrogen-bond donors (Lipinski definition) is 1. The molecule has 0 radical (unpaired) electrons. The van der Waals surface area contributed by atoms with Crippen molar-refractivity contribution in [1.29, 1.82) is 0 Å². The van der Waals surface area contributed by atoms with Gasteiger partial charge < -0.3 is 10.1 Å². The average molecular weight is 247 g/mol. The van der Waals surface area contributed by atoms with Crippen LogP contribution in [0.4, 0.5) is 0 Å². The van der Waals surface area contributed by atoms with E-state index in [2.05, 4.69) is 44.3 Å². The smallest absolute Gasteiger partial charge is 0.126 e. The molecule has 1 aromatic rings. The fourth-order valence-corrected chi connectivity index (χ4v) is 1.72. The van der Waals surface area contributed by atoms with Gasteiger partial charge in [-0.05, 0) is 19.4 Å². The fourth-order valence-electron chi connectivity index (χ4n) is 1.72. The van der Waals surface area contributed by atoms with Crippen LogP contribution in [0.3, 0.4) is 0 Å². The first-order valence-corrected chi connectivity index (χ1v) is 6.82. The van der Waals surface area contributed by atoms with Gasteiger partial charge in [0.1, 0.15) is 5.75 Å². The van der Waals surface area contributed by atoms with Crippen molar-refractivity contribution in [2.75, 3.05) is 13.2 Å². The zero-order chi connectivity index (χ0) is 13.4. The summed E-state index contributed by atoms with van der Waals surface area (Å²) in [6.07, 6.45) is 3.29. The Kier molecular flexibility index (Phi) is 6.51. The minimum absolute atomic E-state index is 0.516. The molecule has 0 spiro atoms. The van der Waals surface area contributed by atoms with Crippen molar-refractivity contribution < 1.29 is 4.74 Å². The second-order valence-electron chi connectivity index (χ2n) is 4.66. The first kappa shape index (κ1) is 14.8. The van der Waals surface area contributed by atoms with E-state index >= 15 is 0 Å². The summed E-state index contributed by atoms with van der Waals surface area (Å²) < 4.78 is 5.64. The molecule has 0 aliphatic rings. The molecular weight excluding hydrogens is 222 g/mol. The number of para-hydroxylation sites is 1. The van der Waals surface area contributed by atoms with Crippen LogP contribution in [0.15, 0.2) is 29.8 Å². The van der Waals surface area contributed by atoms with Crippen molar-refractivity contribution in [3.63, 3.8) is 0 Å². The Hall–Kier alpha value is -1.28. The number of rotatable bonds is 7. The van der Waals surface area contributed by atoms with Gasteiger partial charge in [0.25, 0.3) is 0 Å². The first-order valence-electron chi connectivity index (χ1n) is 6.82. The summed E-state index contributed by atoms with van der Waals surface area (Å²) >= 11 is 0. The highest BCUT2D eigenvalue weighted by Crippen LogP contribution is 2.21. The van der Waals surface area contributed by atoms with E-state index in [4.69, 9.17) is 4.74 Å². The lowest BCUT2D eigenvalue weighted by molar-refractivity contribution is 0.339. The van der Waals surface area contributed by atoms with E-state index in [-0.39, 0.29) is 0 Å². The van der Waals surface area contributed by atoms with E-state index in [1.807, 2.05) is 19.1 Å². The summed E-state index contributed by atoms with van der Waals surface area (Å²) in [5.74, 6) is 0.968. The molecule has 0 amide bonds. The van der Waals surface area contributed by atoms with Gasteiger partial charge in [-0.25, -0.2) is 0 Å². The Morgan fingerprint density at radius 3 is 2.61 bits per heavy atom. The molecule has 2 nitrogen and oxygen atoms in total. The Labute approximate surface area is 111 Å². The van der Waals surface area contributed by atoms with Gasteiger partial charge in [0.05, 0.1) is 6.61 Å². The Balaban J connectivity index is 2.83. The van der Waals surface area contributed by atoms with Crippen molar-refractivity contribution in [3.8, 4) is 5.75 Å². The number of benzene rings is 1. The molecule has 1 rings (SSSR count). The van der Waals surface area contributed by atoms with Crippen LogP contribution in [0.5, 0.6) is 5.75 Å². The van der Waals surface area contributed by atoms with Gasteiger partial charge >= 0.3 is 0 Å². The van der Waals surface area contributed by atoms with Crippen LogP contribution in [0.25, 0.3) is 6.08 Å². The maximum absolute atomic E-state index is 5.64. The molecule has 0 unspecified atom stereocenters. The second kappa shape index (κ2) is 7.93. The summed E-state index contributed by atoms with van der Waals surface area (Å²) in [6, 6.07) is 8.72. The monoisotopic (exact) mass is 247 g/mol. The Morgan fingerprint density at radius 2 is 2.00 bits per heavy atom. The molecule has 0 aliphatic heterocycles. The highest BCUT2D eigenvalue weighted by atomic mass is 16.5. The van der Waals surface area contributed by atoms with Crippen molar-refractivity contribution in [3.05, 3.63) is 35.4 Å². The second-order valence-corrected chi connectivity index (χ2v) is 4.66. The number of ether oxygens (including phenoxy) is 1. The predicted molar refractivity (Wildman–Crippen MR) is 79.0 cm³/mol. The standard InChI is InChI=1S/C16H25NO/c1-5-14(12-17-13(3)4)11-15-9-7-8-10-16(15)18-6-2/h7-11,13,17H,5-6,12H2,1-4H3. The van der Waals surface area contributed by atoms with Crippen molar-refractivity contribution in [1.82, 2.24) is 5.32 Å². The molecule has 0 atom stereocenters. The molecule has 2 heteroatoms. The van der Waals surface area contributed by atoms with Crippen LogP contribution in [0.1, 0.15) is 39.7 Å². The number of hydrogen-bond acceptors (Lipinski definition) is 2. The van der Waals surface area contributed by atoms with E-state index in [0.717, 1.165) is 18.7 Å². The van der Waals surface area contributed by atoms with Gasteiger partial charge in [0, 0.05) is 18.2 Å². The van der Waals surface area contributed by atoms with E-state index in [1.54, 1.807) is 0 Å². The van der Waals surface area contributed by atoms with Crippen molar-refractivity contribution in [2.24, 2.45) is 0 Å². The molecule has 0 fully saturated rings. The molecule has 0 bridgehead atoms. The first-order chi connectivity index (χ1) is 8.67. The summed E-state index contributed by atoms with van der Waals surface area (Å²) in [6.45, 7) is 10.2.